The molecule has 4 aromatic rings. The zero-order valence-electron chi connectivity index (χ0n) is 14.0. The van der Waals surface area contributed by atoms with E-state index in [4.69, 9.17) is 9.15 Å². The van der Waals surface area contributed by atoms with Crippen molar-refractivity contribution in [2.45, 2.75) is 0 Å². The number of para-hydroxylation sites is 1. The number of nitrogens with zero attached hydrogens (tertiary/aromatic N) is 1. The van der Waals surface area contributed by atoms with E-state index in [1.165, 1.54) is 6.08 Å². The maximum absolute atomic E-state index is 12.2. The summed E-state index contributed by atoms with van der Waals surface area (Å²) in [7, 11) is 1.59. The first kappa shape index (κ1) is 16.3. The van der Waals surface area contributed by atoms with Crippen molar-refractivity contribution in [3.63, 3.8) is 0 Å². The highest BCUT2D eigenvalue weighted by molar-refractivity contribution is 7.21. The number of allylic oxidation sites excluding steroid dienone is 1. The Labute approximate surface area is 154 Å². The molecule has 5 heteroatoms. The molecule has 128 valence electrons. The van der Waals surface area contributed by atoms with Crippen molar-refractivity contribution in [3.05, 3.63) is 78.1 Å². The molecule has 0 unspecified atom stereocenters. The monoisotopic (exact) mass is 361 g/mol. The van der Waals surface area contributed by atoms with Gasteiger partial charge in [-0.25, -0.2) is 4.98 Å². The van der Waals surface area contributed by atoms with Gasteiger partial charge < -0.3 is 9.15 Å². The van der Waals surface area contributed by atoms with E-state index in [1.54, 1.807) is 48.8 Å². The van der Waals surface area contributed by atoms with Crippen molar-refractivity contribution < 1.29 is 13.9 Å². The molecule has 0 amide bonds. The van der Waals surface area contributed by atoms with Gasteiger partial charge in [-0.05, 0) is 60.7 Å². The maximum Gasteiger partial charge on any atom is 0.185 e. The minimum absolute atomic E-state index is 0.0920. The minimum atomic E-state index is -0.0920. The summed E-state index contributed by atoms with van der Waals surface area (Å²) >= 11 is 1.58. The number of furan rings is 1. The molecule has 0 aliphatic heterocycles. The lowest BCUT2D eigenvalue weighted by molar-refractivity contribution is 0.104. The SMILES string of the molecule is COc1ccc(C(=O)C=Cc2ccc(-c3nc4ccccc4s3)o2)cc1. The van der Waals surface area contributed by atoms with Crippen molar-refractivity contribution in [2.24, 2.45) is 0 Å². The highest BCUT2D eigenvalue weighted by Crippen LogP contribution is 2.31. The maximum atomic E-state index is 12.2. The molecule has 0 fully saturated rings. The summed E-state index contributed by atoms with van der Waals surface area (Å²) in [5.41, 5.74) is 1.55. The number of thiazole rings is 1. The van der Waals surface area contributed by atoms with E-state index in [2.05, 4.69) is 4.98 Å². The van der Waals surface area contributed by atoms with Crippen LogP contribution in [0.15, 0.2) is 71.2 Å². The third kappa shape index (κ3) is 3.30. The average molecular weight is 361 g/mol. The van der Waals surface area contributed by atoms with Gasteiger partial charge in [0.05, 0.1) is 17.3 Å². The molecule has 26 heavy (non-hydrogen) atoms. The van der Waals surface area contributed by atoms with E-state index in [0.29, 0.717) is 17.1 Å². The van der Waals surface area contributed by atoms with Crippen molar-refractivity contribution in [1.29, 1.82) is 0 Å². The highest BCUT2D eigenvalue weighted by Gasteiger charge is 2.10. The Bertz CT molecular complexity index is 1060. The lowest BCUT2D eigenvalue weighted by Gasteiger charge is -1.99. The number of hydrogen-bond acceptors (Lipinski definition) is 5. The molecule has 0 radical (unpaired) electrons. The third-order valence-corrected chi connectivity index (χ3v) is 4.96. The topological polar surface area (TPSA) is 52.3 Å². The number of hydrogen-bond donors (Lipinski definition) is 0. The quantitative estimate of drug-likeness (QED) is 0.350. The number of ether oxygens (including phenoxy) is 1. The number of benzene rings is 2. The van der Waals surface area contributed by atoms with E-state index < -0.39 is 0 Å². The van der Waals surface area contributed by atoms with Gasteiger partial charge in [0.2, 0.25) is 0 Å². The fraction of sp³-hybridized carbons (Fsp3) is 0.0476. The molecule has 0 saturated heterocycles. The summed E-state index contributed by atoms with van der Waals surface area (Å²) in [4.78, 5) is 16.8. The fourth-order valence-electron chi connectivity index (χ4n) is 2.54. The first-order valence-corrected chi connectivity index (χ1v) is 8.87. The highest BCUT2D eigenvalue weighted by atomic mass is 32.1. The summed E-state index contributed by atoms with van der Waals surface area (Å²) in [6, 6.07) is 18.7. The molecule has 0 spiro atoms. The van der Waals surface area contributed by atoms with Crippen LogP contribution in [-0.4, -0.2) is 17.9 Å². The molecule has 0 aliphatic carbocycles. The number of fused-ring (bicyclic) bond motifs is 1. The van der Waals surface area contributed by atoms with Crippen molar-refractivity contribution >= 4 is 33.4 Å². The molecule has 0 aliphatic rings. The Kier molecular flexibility index (Phi) is 4.37. The predicted molar refractivity (Wildman–Crippen MR) is 104 cm³/mol. The van der Waals surface area contributed by atoms with Crippen LogP contribution in [0.5, 0.6) is 5.75 Å². The average Bonchev–Trinajstić information content (AvgIpc) is 3.32. The summed E-state index contributed by atoms with van der Waals surface area (Å²) in [5.74, 6) is 1.94. The van der Waals surface area contributed by atoms with Crippen LogP contribution in [0, 0.1) is 0 Å². The summed E-state index contributed by atoms with van der Waals surface area (Å²) in [5, 5.41) is 0.826. The summed E-state index contributed by atoms with van der Waals surface area (Å²) < 4.78 is 12.0. The molecule has 2 aromatic heterocycles. The third-order valence-electron chi connectivity index (χ3n) is 3.90. The van der Waals surface area contributed by atoms with E-state index in [0.717, 1.165) is 21.0 Å². The number of methoxy groups -OCH3 is 1. The van der Waals surface area contributed by atoms with Crippen LogP contribution in [0.4, 0.5) is 0 Å². The van der Waals surface area contributed by atoms with Gasteiger partial charge >= 0.3 is 0 Å². The second kappa shape index (κ2) is 6.98. The van der Waals surface area contributed by atoms with Gasteiger partial charge in [-0.2, -0.15) is 0 Å². The molecular weight excluding hydrogens is 346 g/mol. The molecule has 2 aromatic carbocycles. The Morgan fingerprint density at radius 2 is 1.88 bits per heavy atom. The zero-order valence-corrected chi connectivity index (χ0v) is 14.8. The van der Waals surface area contributed by atoms with Gasteiger partial charge in [-0.15, -0.1) is 11.3 Å². The molecule has 4 rings (SSSR count). The summed E-state index contributed by atoms with van der Waals surface area (Å²) in [6.07, 6.45) is 3.17. The normalized spacial score (nSPS) is 11.3. The Morgan fingerprint density at radius 1 is 1.08 bits per heavy atom. The van der Waals surface area contributed by atoms with Gasteiger partial charge in [0.25, 0.3) is 0 Å². The minimum Gasteiger partial charge on any atom is -0.497 e. The zero-order chi connectivity index (χ0) is 17.9. The largest absolute Gasteiger partial charge is 0.497 e. The van der Waals surface area contributed by atoms with E-state index in [1.807, 2.05) is 36.4 Å². The lowest BCUT2D eigenvalue weighted by Crippen LogP contribution is -1.93. The summed E-state index contributed by atoms with van der Waals surface area (Å²) in [6.45, 7) is 0. The number of aromatic nitrogens is 1. The Morgan fingerprint density at radius 3 is 2.65 bits per heavy atom. The Balaban J connectivity index is 1.52. The molecule has 0 atom stereocenters. The Hall–Kier alpha value is -3.18. The van der Waals surface area contributed by atoms with Crippen molar-refractivity contribution in [2.75, 3.05) is 7.11 Å². The van der Waals surface area contributed by atoms with Crippen LogP contribution in [0.1, 0.15) is 16.1 Å². The molecule has 4 nitrogen and oxygen atoms in total. The van der Waals surface area contributed by atoms with E-state index in [-0.39, 0.29) is 5.78 Å². The molecular formula is C21H15NO3S. The van der Waals surface area contributed by atoms with Crippen LogP contribution in [0.3, 0.4) is 0 Å². The first-order chi connectivity index (χ1) is 12.7. The molecule has 2 heterocycles. The standard InChI is InChI=1S/C21H15NO3S/c1-24-15-8-6-14(7-9-15)18(23)12-10-16-11-13-19(25-16)21-22-17-4-2-3-5-20(17)26-21/h2-13H,1H3. The van der Waals surface area contributed by atoms with E-state index >= 15 is 0 Å². The predicted octanol–water partition coefficient (Wildman–Crippen LogP) is 5.46. The smallest absolute Gasteiger partial charge is 0.185 e. The second-order valence-electron chi connectivity index (χ2n) is 5.61. The van der Waals surface area contributed by atoms with Gasteiger partial charge in [0.1, 0.15) is 11.5 Å². The van der Waals surface area contributed by atoms with E-state index in [9.17, 15) is 4.79 Å². The number of ketones is 1. The van der Waals surface area contributed by atoms with Crippen LogP contribution >= 0.6 is 11.3 Å². The number of carbonyl (C=O) groups is 1. The van der Waals surface area contributed by atoms with Crippen LogP contribution in [0.25, 0.3) is 27.1 Å². The molecule has 0 saturated carbocycles. The van der Waals surface area contributed by atoms with Crippen LogP contribution in [-0.2, 0) is 0 Å². The second-order valence-corrected chi connectivity index (χ2v) is 6.65. The van der Waals surface area contributed by atoms with Crippen LogP contribution in [0.2, 0.25) is 0 Å². The van der Waals surface area contributed by atoms with Crippen molar-refractivity contribution in [1.82, 2.24) is 4.98 Å². The van der Waals surface area contributed by atoms with Gasteiger partial charge in [0.15, 0.2) is 16.6 Å². The molecule has 0 bridgehead atoms. The van der Waals surface area contributed by atoms with Gasteiger partial charge in [-0.3, -0.25) is 4.79 Å². The van der Waals surface area contributed by atoms with Crippen molar-refractivity contribution in [3.8, 4) is 16.5 Å². The van der Waals surface area contributed by atoms with Crippen LogP contribution < -0.4 is 4.74 Å². The van der Waals surface area contributed by atoms with Gasteiger partial charge in [0, 0.05) is 5.56 Å². The number of carbonyl (C=O) groups excluding carboxylic acids is 1. The first-order valence-electron chi connectivity index (χ1n) is 8.05. The fourth-order valence-corrected chi connectivity index (χ4v) is 3.47. The molecule has 0 N–H and O–H groups in total. The van der Waals surface area contributed by atoms with Gasteiger partial charge in [-0.1, -0.05) is 12.1 Å². The number of rotatable bonds is 5. The lowest BCUT2D eigenvalue weighted by atomic mass is 10.1.